The Balaban J connectivity index is 3.49. The molecule has 1 saturated heterocycles. The molecule has 1 heterocycles. The minimum Gasteiger partial charge on any atom is -0.353 e. The van der Waals surface area contributed by atoms with Crippen LogP contribution in [0.4, 0.5) is 0 Å². The molecule has 14 nitrogen and oxygen atoms in total. The largest absolute Gasteiger partial charge is 0.353 e. The smallest absolute Gasteiger partial charge is 0.264 e. The highest BCUT2D eigenvalue weighted by Crippen LogP contribution is 2.31. The first-order chi connectivity index (χ1) is 12.8. The lowest BCUT2D eigenvalue weighted by molar-refractivity contribution is -0.276. The summed E-state index contributed by atoms with van der Waals surface area (Å²) in [7, 11) is -15.8. The highest BCUT2D eigenvalue weighted by molar-refractivity contribution is 7.86. The van der Waals surface area contributed by atoms with Gasteiger partial charge >= 0.3 is 0 Å². The molecule has 0 aromatic heterocycles. The molecule has 1 aliphatic rings. The lowest BCUT2D eigenvalue weighted by atomic mass is 9.99. The maximum Gasteiger partial charge on any atom is 0.264 e. The zero-order chi connectivity index (χ0) is 22.8. The van der Waals surface area contributed by atoms with Gasteiger partial charge in [0.05, 0.1) is 31.6 Å². The Morgan fingerprint density at radius 2 is 1.07 bits per heavy atom. The van der Waals surface area contributed by atoms with Gasteiger partial charge in [0.2, 0.25) is 0 Å². The number of methoxy groups -OCH3 is 1. The average molecular weight is 507 g/mol. The third-order valence-electron chi connectivity index (χ3n) is 3.13. The maximum absolute atomic E-state index is 11.7. The van der Waals surface area contributed by atoms with Crippen LogP contribution in [0.3, 0.4) is 0 Å². The lowest BCUT2D eigenvalue weighted by Crippen LogP contribution is -2.62. The molecule has 0 unspecified atom stereocenters. The molecule has 1 rings (SSSR count). The molecule has 0 bridgehead atoms. The predicted molar refractivity (Wildman–Crippen MR) is 95.6 cm³/mol. The molecule has 5 atom stereocenters. The van der Waals surface area contributed by atoms with Crippen LogP contribution in [0, 0.1) is 0 Å². The van der Waals surface area contributed by atoms with Crippen LogP contribution in [0.1, 0.15) is 0 Å². The van der Waals surface area contributed by atoms with Gasteiger partial charge in [-0.15, -0.1) is 0 Å². The molecule has 0 amide bonds. The van der Waals surface area contributed by atoms with Gasteiger partial charge in [0, 0.05) is 7.11 Å². The van der Waals surface area contributed by atoms with Crippen molar-refractivity contribution in [1.29, 1.82) is 0 Å². The summed E-state index contributed by atoms with van der Waals surface area (Å²) in [6.07, 6.45) is -6.25. The van der Waals surface area contributed by atoms with E-state index in [1.165, 1.54) is 0 Å². The summed E-state index contributed by atoms with van der Waals surface area (Å²) < 4.78 is 122. The Hall–Kier alpha value is -0.440. The molecule has 0 aromatic carbocycles. The van der Waals surface area contributed by atoms with Crippen LogP contribution in [-0.4, -0.2) is 103 Å². The first-order valence-corrected chi connectivity index (χ1v) is 14.8. The van der Waals surface area contributed by atoms with Gasteiger partial charge in [-0.3, -0.25) is 16.7 Å². The van der Waals surface area contributed by atoms with Gasteiger partial charge in [0.15, 0.2) is 12.4 Å². The summed E-state index contributed by atoms with van der Waals surface area (Å²) in [6.45, 7) is -0.825. The molecule has 0 aromatic rings. The van der Waals surface area contributed by atoms with Crippen molar-refractivity contribution in [2.24, 2.45) is 0 Å². The molecule has 0 spiro atoms. The molecule has 1 aliphatic heterocycles. The van der Waals surface area contributed by atoms with Gasteiger partial charge in [-0.25, -0.2) is 0 Å². The fourth-order valence-electron chi connectivity index (χ4n) is 2.33. The predicted octanol–water partition coefficient (Wildman–Crippen LogP) is -2.63. The monoisotopic (exact) mass is 506 g/mol. The third-order valence-corrected chi connectivity index (χ3v) is 5.41. The van der Waals surface area contributed by atoms with Gasteiger partial charge in [-0.1, -0.05) is 0 Å². The van der Waals surface area contributed by atoms with Crippen LogP contribution < -0.4 is 0 Å². The lowest BCUT2D eigenvalue weighted by Gasteiger charge is -2.43. The van der Waals surface area contributed by atoms with Crippen LogP contribution in [0.15, 0.2) is 0 Å². The Morgan fingerprint density at radius 1 is 0.655 bits per heavy atom. The van der Waals surface area contributed by atoms with Crippen LogP contribution in [0.25, 0.3) is 0 Å². The van der Waals surface area contributed by atoms with Crippen molar-refractivity contribution in [3.05, 3.63) is 0 Å². The topological polar surface area (TPSA) is 192 Å². The van der Waals surface area contributed by atoms with Gasteiger partial charge in [0.25, 0.3) is 40.5 Å². The first kappa shape index (κ1) is 26.6. The summed E-state index contributed by atoms with van der Waals surface area (Å²) >= 11 is 0. The Morgan fingerprint density at radius 3 is 1.45 bits per heavy atom. The molecule has 18 heteroatoms. The average Bonchev–Trinajstić information content (AvgIpc) is 2.44. The Kier molecular flexibility index (Phi) is 8.59. The minimum absolute atomic E-state index is 0.612. The zero-order valence-corrected chi connectivity index (χ0v) is 19.2. The summed E-state index contributed by atoms with van der Waals surface area (Å²) in [5.74, 6) is 0. The van der Waals surface area contributed by atoms with Crippen LogP contribution in [0.5, 0.6) is 0 Å². The highest BCUT2D eigenvalue weighted by atomic mass is 32.2. The van der Waals surface area contributed by atoms with Crippen molar-refractivity contribution < 1.29 is 59.9 Å². The summed E-state index contributed by atoms with van der Waals surface area (Å²) in [5, 5.41) is 0. The molecule has 0 radical (unpaired) electrons. The standard InChI is InChI=1S/C11H22O14S4/c1-20-11-10(25-29(5,18)19)9(24-28(4,16)17)8(23-27(3,14)15)7(22-11)6-21-26(2,12)13/h7-11H,6H2,1-5H3/t7-,8+,9+,10-,11-/m0/s1. The molecule has 174 valence electrons. The van der Waals surface area contributed by atoms with E-state index in [0.29, 0.717) is 25.0 Å². The van der Waals surface area contributed by atoms with E-state index in [9.17, 15) is 33.7 Å². The van der Waals surface area contributed by atoms with E-state index in [-0.39, 0.29) is 0 Å². The second-order valence-corrected chi connectivity index (χ2v) is 12.5. The van der Waals surface area contributed by atoms with E-state index in [2.05, 4.69) is 4.18 Å². The van der Waals surface area contributed by atoms with Crippen molar-refractivity contribution in [3.8, 4) is 0 Å². The first-order valence-electron chi connectivity index (χ1n) is 7.49. The highest BCUT2D eigenvalue weighted by Gasteiger charge is 2.53. The number of ether oxygens (including phenoxy) is 2. The quantitative estimate of drug-likeness (QED) is 0.279. The molecule has 29 heavy (non-hydrogen) atoms. The number of hydrogen-bond acceptors (Lipinski definition) is 14. The van der Waals surface area contributed by atoms with E-state index in [1.54, 1.807) is 0 Å². The summed E-state index contributed by atoms with van der Waals surface area (Å²) in [6, 6.07) is 0. The van der Waals surface area contributed by atoms with Crippen molar-refractivity contribution >= 4 is 40.5 Å². The van der Waals surface area contributed by atoms with E-state index >= 15 is 0 Å². The molecule has 0 aliphatic carbocycles. The second kappa shape index (κ2) is 9.37. The van der Waals surface area contributed by atoms with Gasteiger partial charge in [-0.2, -0.15) is 33.7 Å². The van der Waals surface area contributed by atoms with Gasteiger partial charge < -0.3 is 9.47 Å². The van der Waals surface area contributed by atoms with E-state index in [1.807, 2.05) is 0 Å². The van der Waals surface area contributed by atoms with E-state index in [0.717, 1.165) is 7.11 Å². The van der Waals surface area contributed by atoms with Gasteiger partial charge in [-0.05, 0) is 0 Å². The van der Waals surface area contributed by atoms with E-state index < -0.39 is 77.8 Å². The van der Waals surface area contributed by atoms with Crippen LogP contribution in [0.2, 0.25) is 0 Å². The zero-order valence-electron chi connectivity index (χ0n) is 15.9. The van der Waals surface area contributed by atoms with Crippen molar-refractivity contribution in [2.75, 3.05) is 38.7 Å². The Bertz CT molecular complexity index is 980. The third kappa shape index (κ3) is 9.94. The fourth-order valence-corrected chi connectivity index (χ4v) is 4.57. The van der Waals surface area contributed by atoms with Gasteiger partial charge in [0.1, 0.15) is 18.3 Å². The number of hydrogen-bond donors (Lipinski definition) is 0. The van der Waals surface area contributed by atoms with Crippen molar-refractivity contribution in [3.63, 3.8) is 0 Å². The van der Waals surface area contributed by atoms with Crippen LogP contribution >= 0.6 is 0 Å². The minimum atomic E-state index is -4.32. The molecular formula is C11H22O14S4. The molecule has 0 N–H and O–H groups in total. The normalized spacial score (nSPS) is 29.6. The Labute approximate surface area is 169 Å². The number of rotatable bonds is 10. The molecule has 0 saturated carbocycles. The fraction of sp³-hybridized carbons (Fsp3) is 1.00. The summed E-state index contributed by atoms with van der Waals surface area (Å²) in [5.41, 5.74) is 0. The molecule has 1 fully saturated rings. The maximum atomic E-state index is 11.7. The summed E-state index contributed by atoms with van der Waals surface area (Å²) in [4.78, 5) is 0. The van der Waals surface area contributed by atoms with Crippen LogP contribution in [-0.2, 0) is 66.7 Å². The SMILES string of the molecule is CO[C@H]1O[C@@H](COS(C)(=O)=O)[C@@H](OS(C)(=O)=O)[C@@H](OS(C)(=O)=O)[C@@H]1OS(C)(=O)=O. The van der Waals surface area contributed by atoms with Crippen molar-refractivity contribution in [2.45, 2.75) is 30.7 Å². The van der Waals surface area contributed by atoms with Crippen molar-refractivity contribution in [1.82, 2.24) is 0 Å². The van der Waals surface area contributed by atoms with E-state index in [4.69, 9.17) is 22.0 Å². The molecular weight excluding hydrogens is 484 g/mol. The second-order valence-electron chi connectivity index (χ2n) is 6.06.